The zero-order valence-electron chi connectivity index (χ0n) is 18.8. The molecule has 0 aromatic heterocycles. The summed E-state index contributed by atoms with van der Waals surface area (Å²) in [5.74, 6) is -3.63. The van der Waals surface area contributed by atoms with E-state index in [0.29, 0.717) is 19.6 Å². The van der Waals surface area contributed by atoms with Crippen molar-refractivity contribution in [3.63, 3.8) is 0 Å². The van der Waals surface area contributed by atoms with Crippen LogP contribution in [0.15, 0.2) is 42.5 Å². The highest BCUT2D eigenvalue weighted by Gasteiger charge is 2.28. The molecule has 2 aromatic rings. The van der Waals surface area contributed by atoms with Crippen LogP contribution < -0.4 is 5.32 Å². The summed E-state index contributed by atoms with van der Waals surface area (Å²) in [4.78, 5) is 34.1. The molecule has 0 bridgehead atoms. The Labute approximate surface area is 201 Å². The fourth-order valence-corrected chi connectivity index (χ4v) is 3.27. The highest BCUT2D eigenvalue weighted by molar-refractivity contribution is 6.43. The molecule has 0 unspecified atom stereocenters. The third-order valence-electron chi connectivity index (χ3n) is 4.89. The van der Waals surface area contributed by atoms with Crippen molar-refractivity contribution in [2.24, 2.45) is 0 Å². The number of para-hydroxylation sites is 1. The average molecular weight is 492 g/mol. The van der Waals surface area contributed by atoms with Crippen LogP contribution >= 0.6 is 0 Å². The van der Waals surface area contributed by atoms with Gasteiger partial charge in [-0.3, -0.25) is 14.5 Å². The van der Waals surface area contributed by atoms with Gasteiger partial charge in [0.1, 0.15) is 11.3 Å². The number of aliphatic hydroxyl groups excluding tert-OH is 2. The van der Waals surface area contributed by atoms with Gasteiger partial charge in [0, 0.05) is 25.2 Å². The van der Waals surface area contributed by atoms with Crippen molar-refractivity contribution in [3.05, 3.63) is 64.7 Å². The van der Waals surface area contributed by atoms with Gasteiger partial charge in [-0.2, -0.15) is 0 Å². The van der Waals surface area contributed by atoms with Crippen molar-refractivity contribution in [2.75, 3.05) is 26.3 Å². The summed E-state index contributed by atoms with van der Waals surface area (Å²) in [5.41, 5.74) is 0.820. The standard InChI is InChI=1S/C21H27BN2O8.CH2O2/c25-9-7-24(8-10-26)13-14-3-1-5-16(11-14)20(28)23-18(22(31)32)12-15-4-2-6-17(19(15)27)21(29)30;2-1-3/h1-6,11,18,25-27,31-32H,7-10,12-13H2,(H,23,28)(H,29,30);1H,(H,2,3)/t18-;/m0./s1. The summed E-state index contributed by atoms with van der Waals surface area (Å²) >= 11 is 0. The number of aliphatic hydroxyl groups is 2. The lowest BCUT2D eigenvalue weighted by molar-refractivity contribution is -0.122. The Morgan fingerprint density at radius 3 is 2.20 bits per heavy atom. The quantitative estimate of drug-likeness (QED) is 0.132. The van der Waals surface area contributed by atoms with E-state index in [1.807, 2.05) is 4.90 Å². The predicted octanol–water partition coefficient (Wildman–Crippen LogP) is -1.07. The summed E-state index contributed by atoms with van der Waals surface area (Å²) in [6.45, 7) is 0.700. The monoisotopic (exact) mass is 492 g/mol. The number of carboxylic acid groups (broad SMARTS) is 2. The van der Waals surface area contributed by atoms with Crippen LogP contribution in [0.5, 0.6) is 5.75 Å². The number of rotatable bonds is 12. The highest BCUT2D eigenvalue weighted by atomic mass is 16.4. The van der Waals surface area contributed by atoms with Crippen LogP contribution in [0, 0.1) is 0 Å². The van der Waals surface area contributed by atoms with E-state index < -0.39 is 30.7 Å². The predicted molar refractivity (Wildman–Crippen MR) is 125 cm³/mol. The van der Waals surface area contributed by atoms with Crippen molar-refractivity contribution in [3.8, 4) is 5.75 Å². The second-order valence-corrected chi connectivity index (χ2v) is 7.35. The fraction of sp³-hybridized carbons (Fsp3) is 0.318. The van der Waals surface area contributed by atoms with Gasteiger partial charge in [0.15, 0.2) is 0 Å². The Morgan fingerprint density at radius 1 is 1.06 bits per heavy atom. The van der Waals surface area contributed by atoms with Gasteiger partial charge in [0.05, 0.1) is 19.2 Å². The molecule has 0 heterocycles. The molecule has 1 amide bonds. The second-order valence-electron chi connectivity index (χ2n) is 7.35. The minimum atomic E-state index is -1.96. The van der Waals surface area contributed by atoms with Crippen LogP contribution in [-0.2, 0) is 17.8 Å². The maximum atomic E-state index is 12.7. The minimum absolute atomic E-state index is 0.0772. The second kappa shape index (κ2) is 15.4. The van der Waals surface area contributed by atoms with Gasteiger partial charge in [-0.1, -0.05) is 24.3 Å². The molecule has 2 rings (SSSR count). The maximum Gasteiger partial charge on any atom is 0.475 e. The average Bonchev–Trinajstić information content (AvgIpc) is 2.80. The molecule has 0 aliphatic heterocycles. The molecular weight excluding hydrogens is 463 g/mol. The van der Waals surface area contributed by atoms with Crippen molar-refractivity contribution in [2.45, 2.75) is 18.9 Å². The Hall–Kier alpha value is -3.49. The zero-order chi connectivity index (χ0) is 26.4. The number of benzene rings is 2. The van der Waals surface area contributed by atoms with Gasteiger partial charge in [-0.05, 0) is 35.7 Å². The normalized spacial score (nSPS) is 11.2. The number of aromatic carboxylic acids is 1. The zero-order valence-corrected chi connectivity index (χ0v) is 18.8. The number of hydrogen-bond acceptors (Lipinski definition) is 9. The van der Waals surface area contributed by atoms with E-state index in [1.165, 1.54) is 18.2 Å². The molecule has 0 aliphatic rings. The third kappa shape index (κ3) is 9.72. The van der Waals surface area contributed by atoms with E-state index in [0.717, 1.165) is 5.56 Å². The van der Waals surface area contributed by atoms with Crippen LogP contribution in [0.2, 0.25) is 0 Å². The molecule has 0 radical (unpaired) electrons. The first-order chi connectivity index (χ1) is 16.7. The molecule has 0 saturated carbocycles. The lowest BCUT2D eigenvalue weighted by Crippen LogP contribution is -2.48. The summed E-state index contributed by atoms with van der Waals surface area (Å²) in [6.07, 6.45) is -0.211. The van der Waals surface area contributed by atoms with Gasteiger partial charge < -0.3 is 40.9 Å². The van der Waals surface area contributed by atoms with Gasteiger partial charge in [-0.15, -0.1) is 0 Å². The summed E-state index contributed by atoms with van der Waals surface area (Å²) < 4.78 is 0. The maximum absolute atomic E-state index is 12.7. The molecule has 1 atom stereocenters. The minimum Gasteiger partial charge on any atom is -0.507 e. The number of carbonyl (C=O) groups excluding carboxylic acids is 1. The van der Waals surface area contributed by atoms with E-state index >= 15 is 0 Å². The largest absolute Gasteiger partial charge is 0.507 e. The number of carbonyl (C=O) groups is 3. The number of carboxylic acids is 1. The number of hydrogen-bond donors (Lipinski definition) is 8. The number of amides is 1. The molecule has 13 heteroatoms. The van der Waals surface area contributed by atoms with Gasteiger partial charge >= 0.3 is 13.1 Å². The molecule has 0 saturated heterocycles. The molecular formula is C22H29BN2O10. The van der Waals surface area contributed by atoms with E-state index in [4.69, 9.17) is 25.2 Å². The number of phenols is 1. The number of nitrogens with zero attached hydrogens (tertiary/aromatic N) is 1. The Balaban J connectivity index is 0.00000194. The van der Waals surface area contributed by atoms with Crippen LogP contribution in [0.1, 0.15) is 31.8 Å². The molecule has 12 nitrogen and oxygen atoms in total. The molecule has 0 aliphatic carbocycles. The molecule has 8 N–H and O–H groups in total. The van der Waals surface area contributed by atoms with Crippen molar-refractivity contribution < 1.29 is 50.0 Å². The molecule has 35 heavy (non-hydrogen) atoms. The SMILES string of the molecule is O=C(N[C@@H](Cc1cccc(C(=O)O)c1O)B(O)O)c1cccc(CN(CCO)CCO)c1.O=CO. The van der Waals surface area contributed by atoms with E-state index in [2.05, 4.69) is 5.32 Å². The van der Waals surface area contributed by atoms with Crippen molar-refractivity contribution in [1.29, 1.82) is 0 Å². The molecule has 190 valence electrons. The van der Waals surface area contributed by atoms with E-state index in [9.17, 15) is 24.7 Å². The van der Waals surface area contributed by atoms with E-state index in [-0.39, 0.29) is 42.8 Å². The van der Waals surface area contributed by atoms with Crippen LogP contribution in [-0.4, -0.2) is 98.2 Å². The van der Waals surface area contributed by atoms with Gasteiger partial charge in [-0.25, -0.2) is 4.79 Å². The number of aromatic hydroxyl groups is 1. The third-order valence-corrected chi connectivity index (χ3v) is 4.89. The first-order valence-electron chi connectivity index (χ1n) is 10.5. The van der Waals surface area contributed by atoms with E-state index in [1.54, 1.807) is 24.3 Å². The van der Waals surface area contributed by atoms with Crippen molar-refractivity contribution in [1.82, 2.24) is 10.2 Å². The lowest BCUT2D eigenvalue weighted by atomic mass is 9.75. The summed E-state index contributed by atoms with van der Waals surface area (Å²) in [7, 11) is -1.96. The van der Waals surface area contributed by atoms with Gasteiger partial charge in [0.25, 0.3) is 12.4 Å². The molecule has 2 aromatic carbocycles. The Kier molecular flexibility index (Phi) is 13.0. The highest BCUT2D eigenvalue weighted by Crippen LogP contribution is 2.24. The molecule has 0 fully saturated rings. The lowest BCUT2D eigenvalue weighted by Gasteiger charge is -2.21. The smallest absolute Gasteiger partial charge is 0.475 e. The first-order valence-corrected chi connectivity index (χ1v) is 10.5. The molecule has 0 spiro atoms. The van der Waals surface area contributed by atoms with Crippen LogP contribution in [0.4, 0.5) is 0 Å². The van der Waals surface area contributed by atoms with Gasteiger partial charge in [0.2, 0.25) is 0 Å². The summed E-state index contributed by atoms with van der Waals surface area (Å²) in [6, 6.07) is 10.7. The van der Waals surface area contributed by atoms with Crippen LogP contribution in [0.25, 0.3) is 0 Å². The van der Waals surface area contributed by atoms with Crippen LogP contribution in [0.3, 0.4) is 0 Å². The Morgan fingerprint density at radius 2 is 1.66 bits per heavy atom. The fourth-order valence-electron chi connectivity index (χ4n) is 3.27. The summed E-state index contributed by atoms with van der Waals surface area (Å²) in [5, 5.41) is 66.4. The van der Waals surface area contributed by atoms with Crippen molar-refractivity contribution >= 4 is 25.5 Å². The Bertz CT molecular complexity index is 967. The number of nitrogens with one attached hydrogen (secondary N) is 1. The first kappa shape index (κ1) is 29.5. The topological polar surface area (TPSA) is 208 Å².